The maximum atomic E-state index is 13.5. The SMILES string of the molecule is COc1cccc(C(=O)N2CCC(Cc3cccc4ncccc34)CC2)c1OCc1ccccn1. The average molecular weight is 468 g/mol. The number of carbonyl (C=O) groups is 1. The Kier molecular flexibility index (Phi) is 6.89. The molecule has 0 spiro atoms. The number of piperidine rings is 1. The largest absolute Gasteiger partial charge is 0.493 e. The fourth-order valence-electron chi connectivity index (χ4n) is 4.79. The van der Waals surface area contributed by atoms with Crippen LogP contribution in [0.5, 0.6) is 11.5 Å². The van der Waals surface area contributed by atoms with Gasteiger partial charge in [-0.15, -0.1) is 0 Å². The Bertz CT molecular complexity index is 1300. The van der Waals surface area contributed by atoms with Crippen LogP contribution in [0.2, 0.25) is 0 Å². The number of likely N-dealkylation sites (tertiary alicyclic amines) is 1. The molecule has 35 heavy (non-hydrogen) atoms. The Balaban J connectivity index is 1.27. The molecule has 2 aromatic carbocycles. The van der Waals surface area contributed by atoms with Gasteiger partial charge in [0.1, 0.15) is 6.61 Å². The van der Waals surface area contributed by atoms with Crippen molar-refractivity contribution in [1.29, 1.82) is 0 Å². The number of amides is 1. The summed E-state index contributed by atoms with van der Waals surface area (Å²) in [6, 6.07) is 21.6. The number of hydrogen-bond donors (Lipinski definition) is 0. The van der Waals surface area contributed by atoms with E-state index in [4.69, 9.17) is 9.47 Å². The normalized spacial score (nSPS) is 14.1. The van der Waals surface area contributed by atoms with Crippen LogP contribution in [-0.4, -0.2) is 41.0 Å². The molecule has 5 rings (SSSR count). The van der Waals surface area contributed by atoms with Crippen LogP contribution in [0.1, 0.15) is 34.5 Å². The van der Waals surface area contributed by atoms with Gasteiger partial charge in [0, 0.05) is 30.9 Å². The molecule has 4 aromatic rings. The van der Waals surface area contributed by atoms with Crippen molar-refractivity contribution in [3.63, 3.8) is 0 Å². The van der Waals surface area contributed by atoms with Crippen molar-refractivity contribution < 1.29 is 14.3 Å². The average Bonchev–Trinajstić information content (AvgIpc) is 2.92. The third-order valence-corrected chi connectivity index (χ3v) is 6.67. The standard InChI is InChI=1S/C29H29N3O3/c1-34-27-12-5-9-25(28(27)35-20-23-8-2-3-15-30-23)29(33)32-17-13-21(14-18-32)19-22-7-4-11-26-24(22)10-6-16-31-26/h2-12,15-16,21H,13-14,17-20H2,1H3. The number of aromatic nitrogens is 2. The third kappa shape index (κ3) is 5.11. The minimum atomic E-state index is -0.0206. The fourth-order valence-corrected chi connectivity index (χ4v) is 4.79. The summed E-state index contributed by atoms with van der Waals surface area (Å²) in [5.41, 5.74) is 3.69. The summed E-state index contributed by atoms with van der Waals surface area (Å²) < 4.78 is 11.6. The fraction of sp³-hybridized carbons (Fsp3) is 0.276. The summed E-state index contributed by atoms with van der Waals surface area (Å²) in [5, 5.41) is 1.22. The highest BCUT2D eigenvalue weighted by Gasteiger charge is 2.27. The lowest BCUT2D eigenvalue weighted by Crippen LogP contribution is -2.39. The van der Waals surface area contributed by atoms with Crippen LogP contribution < -0.4 is 9.47 Å². The minimum Gasteiger partial charge on any atom is -0.493 e. The van der Waals surface area contributed by atoms with E-state index >= 15 is 0 Å². The number of para-hydroxylation sites is 1. The summed E-state index contributed by atoms with van der Waals surface area (Å²) in [7, 11) is 1.59. The van der Waals surface area contributed by atoms with Crippen molar-refractivity contribution in [2.24, 2.45) is 5.92 Å². The molecule has 1 aliphatic heterocycles. The number of methoxy groups -OCH3 is 1. The lowest BCUT2D eigenvalue weighted by Gasteiger charge is -2.32. The molecular weight excluding hydrogens is 438 g/mol. The molecule has 3 heterocycles. The predicted molar refractivity (Wildman–Crippen MR) is 136 cm³/mol. The molecule has 0 aliphatic carbocycles. The summed E-state index contributed by atoms with van der Waals surface area (Å²) in [4.78, 5) is 24.2. The van der Waals surface area contributed by atoms with Crippen molar-refractivity contribution in [2.75, 3.05) is 20.2 Å². The molecule has 6 heteroatoms. The number of nitrogens with zero attached hydrogens (tertiary/aromatic N) is 3. The van der Waals surface area contributed by atoms with Crippen LogP contribution >= 0.6 is 0 Å². The van der Waals surface area contributed by atoms with Crippen LogP contribution in [0.4, 0.5) is 0 Å². The van der Waals surface area contributed by atoms with Gasteiger partial charge in [-0.25, -0.2) is 0 Å². The summed E-state index contributed by atoms with van der Waals surface area (Å²) in [5.74, 6) is 1.53. The molecule has 0 radical (unpaired) electrons. The Morgan fingerprint density at radius 2 is 1.77 bits per heavy atom. The van der Waals surface area contributed by atoms with Gasteiger partial charge in [-0.2, -0.15) is 0 Å². The van der Waals surface area contributed by atoms with E-state index in [1.54, 1.807) is 13.3 Å². The first-order valence-electron chi connectivity index (χ1n) is 12.0. The first-order valence-corrected chi connectivity index (χ1v) is 12.0. The molecule has 1 saturated heterocycles. The van der Waals surface area contributed by atoms with Crippen molar-refractivity contribution in [3.05, 3.63) is 95.9 Å². The number of fused-ring (bicyclic) bond motifs is 1. The number of pyridine rings is 2. The molecule has 1 amide bonds. The smallest absolute Gasteiger partial charge is 0.257 e. The van der Waals surface area contributed by atoms with E-state index in [2.05, 4.69) is 34.2 Å². The van der Waals surface area contributed by atoms with Crippen LogP contribution in [0.15, 0.2) is 79.1 Å². The van der Waals surface area contributed by atoms with Crippen LogP contribution in [0, 0.1) is 5.92 Å². The third-order valence-electron chi connectivity index (χ3n) is 6.67. The summed E-state index contributed by atoms with van der Waals surface area (Å²) in [6.45, 7) is 1.72. The first kappa shape index (κ1) is 22.8. The molecule has 0 unspecified atom stereocenters. The number of benzene rings is 2. The van der Waals surface area contributed by atoms with E-state index in [-0.39, 0.29) is 12.5 Å². The van der Waals surface area contributed by atoms with Crippen molar-refractivity contribution >= 4 is 16.8 Å². The Hall–Kier alpha value is -3.93. The monoisotopic (exact) mass is 467 g/mol. The highest BCUT2D eigenvalue weighted by Crippen LogP contribution is 2.34. The Morgan fingerprint density at radius 1 is 0.943 bits per heavy atom. The van der Waals surface area contributed by atoms with E-state index in [0.717, 1.165) is 43.6 Å². The van der Waals surface area contributed by atoms with Gasteiger partial charge >= 0.3 is 0 Å². The van der Waals surface area contributed by atoms with Gasteiger partial charge in [0.2, 0.25) is 0 Å². The van der Waals surface area contributed by atoms with Crippen molar-refractivity contribution in [1.82, 2.24) is 14.9 Å². The van der Waals surface area contributed by atoms with E-state index in [9.17, 15) is 4.79 Å². The second-order valence-electron chi connectivity index (χ2n) is 8.87. The predicted octanol–water partition coefficient (Wildman–Crippen LogP) is 5.31. The zero-order valence-corrected chi connectivity index (χ0v) is 19.9. The van der Waals surface area contributed by atoms with Gasteiger partial charge in [-0.3, -0.25) is 14.8 Å². The molecule has 0 bridgehead atoms. The number of rotatable bonds is 7. The second kappa shape index (κ2) is 10.6. The van der Waals surface area contributed by atoms with E-state index < -0.39 is 0 Å². The number of carbonyl (C=O) groups excluding carboxylic acids is 1. The summed E-state index contributed by atoms with van der Waals surface area (Å²) >= 11 is 0. The molecular formula is C29H29N3O3. The van der Waals surface area contributed by atoms with Crippen LogP contribution in [0.25, 0.3) is 10.9 Å². The minimum absolute atomic E-state index is 0.0206. The lowest BCUT2D eigenvalue weighted by molar-refractivity contribution is 0.0685. The maximum Gasteiger partial charge on any atom is 0.257 e. The molecule has 0 atom stereocenters. The maximum absolute atomic E-state index is 13.5. The zero-order valence-electron chi connectivity index (χ0n) is 19.9. The molecule has 2 aromatic heterocycles. The van der Waals surface area contributed by atoms with Gasteiger partial charge in [-0.1, -0.05) is 30.3 Å². The molecule has 178 valence electrons. The molecule has 1 fully saturated rings. The van der Waals surface area contributed by atoms with E-state index in [0.29, 0.717) is 23.0 Å². The van der Waals surface area contributed by atoms with Gasteiger partial charge in [0.25, 0.3) is 5.91 Å². The van der Waals surface area contributed by atoms with Crippen molar-refractivity contribution in [2.45, 2.75) is 25.9 Å². The van der Waals surface area contributed by atoms with E-state index in [1.807, 2.05) is 53.6 Å². The van der Waals surface area contributed by atoms with Gasteiger partial charge in [-0.05, 0) is 67.1 Å². The molecule has 6 nitrogen and oxygen atoms in total. The van der Waals surface area contributed by atoms with Gasteiger partial charge in [0.05, 0.1) is 23.9 Å². The molecule has 0 saturated carbocycles. The number of hydrogen-bond acceptors (Lipinski definition) is 5. The first-order chi connectivity index (χ1) is 17.2. The lowest BCUT2D eigenvalue weighted by atomic mass is 9.88. The van der Waals surface area contributed by atoms with Crippen LogP contribution in [0.3, 0.4) is 0 Å². The van der Waals surface area contributed by atoms with Crippen molar-refractivity contribution in [3.8, 4) is 11.5 Å². The van der Waals surface area contributed by atoms with E-state index in [1.165, 1.54) is 10.9 Å². The van der Waals surface area contributed by atoms with Crippen LogP contribution in [-0.2, 0) is 13.0 Å². The van der Waals surface area contributed by atoms with Gasteiger partial charge < -0.3 is 14.4 Å². The Morgan fingerprint density at radius 3 is 2.57 bits per heavy atom. The second-order valence-corrected chi connectivity index (χ2v) is 8.87. The highest BCUT2D eigenvalue weighted by atomic mass is 16.5. The topological polar surface area (TPSA) is 64.5 Å². The Labute approximate surface area is 205 Å². The zero-order chi connectivity index (χ0) is 24.0. The quantitative estimate of drug-likeness (QED) is 0.368. The highest BCUT2D eigenvalue weighted by molar-refractivity contribution is 5.98. The summed E-state index contributed by atoms with van der Waals surface area (Å²) in [6.07, 6.45) is 6.50. The molecule has 0 N–H and O–H groups in total. The molecule has 1 aliphatic rings. The van der Waals surface area contributed by atoms with Gasteiger partial charge in [0.15, 0.2) is 11.5 Å². The number of ether oxygens (including phenoxy) is 2.